The molecular weight excluding hydrogens is 432 g/mol. The first-order valence-electron chi connectivity index (χ1n) is 10.9. The van der Waals surface area contributed by atoms with Gasteiger partial charge in [0, 0.05) is 23.1 Å². The summed E-state index contributed by atoms with van der Waals surface area (Å²) in [6.45, 7) is 4.66. The van der Waals surface area contributed by atoms with Crippen LogP contribution < -0.4 is 16.0 Å². The van der Waals surface area contributed by atoms with Crippen molar-refractivity contribution in [2.75, 3.05) is 23.9 Å². The molecule has 0 bridgehead atoms. The summed E-state index contributed by atoms with van der Waals surface area (Å²) in [5, 5.41) is 10.7. The molecule has 1 aromatic heterocycles. The fraction of sp³-hybridized carbons (Fsp3) is 0.280. The number of nitrogens with zero attached hydrogens (tertiary/aromatic N) is 3. The van der Waals surface area contributed by atoms with E-state index in [0.717, 1.165) is 5.69 Å². The van der Waals surface area contributed by atoms with Crippen LogP contribution in [0.1, 0.15) is 36.6 Å². The number of nitrogen functional groups attached to an aromatic ring is 1. The maximum absolute atomic E-state index is 12.9. The van der Waals surface area contributed by atoms with Crippen molar-refractivity contribution in [3.63, 3.8) is 0 Å². The van der Waals surface area contributed by atoms with Gasteiger partial charge in [0.1, 0.15) is 12.4 Å². The molecular formula is C25H30N6O3. The third-order valence-corrected chi connectivity index (χ3v) is 5.30. The molecule has 178 valence electrons. The fourth-order valence-electron chi connectivity index (χ4n) is 3.42. The smallest absolute Gasteiger partial charge is 0.325 e. The van der Waals surface area contributed by atoms with Crippen molar-refractivity contribution in [3.8, 4) is 0 Å². The van der Waals surface area contributed by atoms with Crippen molar-refractivity contribution in [2.24, 2.45) is 5.73 Å². The van der Waals surface area contributed by atoms with E-state index in [1.165, 1.54) is 12.7 Å². The van der Waals surface area contributed by atoms with E-state index in [0.29, 0.717) is 29.4 Å². The number of imidazole rings is 1. The number of hydrogen-bond donors (Lipinski definition) is 3. The Morgan fingerprint density at radius 2 is 1.94 bits per heavy atom. The van der Waals surface area contributed by atoms with E-state index in [2.05, 4.69) is 24.1 Å². The number of carbonyl (C=O) groups is 2. The molecule has 0 aliphatic heterocycles. The lowest BCUT2D eigenvalue weighted by Crippen LogP contribution is -2.33. The van der Waals surface area contributed by atoms with E-state index in [-0.39, 0.29) is 30.8 Å². The third kappa shape index (κ3) is 6.68. The summed E-state index contributed by atoms with van der Waals surface area (Å²) < 4.78 is 6.32. The monoisotopic (exact) mass is 462 g/mol. The number of methoxy groups -OCH3 is 1. The molecule has 0 saturated heterocycles. The standard InChI is InChI=1S/C25H30N6O3/c1-17(2)18-7-9-20(10-8-18)29-23(32)14-31(22-6-4-5-19(11-22)25(26)27)13-21-12-30(16-28-21)15-24(33)34-3/h4-12,16-17H,13-15H2,1-3H3,(H3,26,27)(H,29,32). The first-order chi connectivity index (χ1) is 16.2. The van der Waals surface area contributed by atoms with Crippen LogP contribution in [0.3, 0.4) is 0 Å². The van der Waals surface area contributed by atoms with Crippen molar-refractivity contribution in [1.82, 2.24) is 9.55 Å². The molecule has 0 aliphatic carbocycles. The van der Waals surface area contributed by atoms with Crippen molar-refractivity contribution in [3.05, 3.63) is 77.9 Å². The zero-order valence-corrected chi connectivity index (χ0v) is 19.6. The Kier molecular flexibility index (Phi) is 8.02. The number of carbonyl (C=O) groups excluding carboxylic acids is 2. The van der Waals surface area contributed by atoms with Gasteiger partial charge in [-0.15, -0.1) is 0 Å². The number of anilines is 2. The lowest BCUT2D eigenvalue weighted by Gasteiger charge is -2.24. The number of aromatic nitrogens is 2. The fourth-order valence-corrected chi connectivity index (χ4v) is 3.42. The zero-order valence-electron chi connectivity index (χ0n) is 19.6. The normalized spacial score (nSPS) is 10.7. The van der Waals surface area contributed by atoms with Crippen LogP contribution in [0.2, 0.25) is 0 Å². The third-order valence-electron chi connectivity index (χ3n) is 5.30. The molecule has 3 rings (SSSR count). The molecule has 4 N–H and O–H groups in total. The van der Waals surface area contributed by atoms with Crippen LogP contribution in [-0.2, 0) is 27.4 Å². The maximum atomic E-state index is 12.9. The largest absolute Gasteiger partial charge is 0.468 e. The summed E-state index contributed by atoms with van der Waals surface area (Å²) in [7, 11) is 1.33. The van der Waals surface area contributed by atoms with Crippen LogP contribution in [0.15, 0.2) is 61.1 Å². The number of esters is 1. The second-order valence-electron chi connectivity index (χ2n) is 8.26. The van der Waals surface area contributed by atoms with E-state index in [9.17, 15) is 9.59 Å². The Labute approximate surface area is 199 Å². The van der Waals surface area contributed by atoms with E-state index in [1.54, 1.807) is 35.3 Å². The molecule has 1 heterocycles. The lowest BCUT2D eigenvalue weighted by atomic mass is 10.0. The topological polar surface area (TPSA) is 126 Å². The van der Waals surface area contributed by atoms with Gasteiger partial charge in [-0.3, -0.25) is 15.0 Å². The predicted octanol–water partition coefficient (Wildman–Crippen LogP) is 3.11. The first-order valence-corrected chi connectivity index (χ1v) is 10.9. The first kappa shape index (κ1) is 24.5. The van der Waals surface area contributed by atoms with Gasteiger partial charge in [-0.25, -0.2) is 4.98 Å². The van der Waals surface area contributed by atoms with Gasteiger partial charge in [-0.1, -0.05) is 38.1 Å². The average Bonchev–Trinajstić information content (AvgIpc) is 3.25. The van der Waals surface area contributed by atoms with Crippen LogP contribution in [-0.4, -0.2) is 40.9 Å². The summed E-state index contributed by atoms with van der Waals surface area (Å²) in [6.07, 6.45) is 3.29. The van der Waals surface area contributed by atoms with Gasteiger partial charge in [-0.05, 0) is 35.7 Å². The molecule has 0 saturated carbocycles. The molecule has 1 amide bonds. The van der Waals surface area contributed by atoms with Crippen molar-refractivity contribution in [1.29, 1.82) is 5.41 Å². The van der Waals surface area contributed by atoms with Crippen LogP contribution in [0.25, 0.3) is 0 Å². The highest BCUT2D eigenvalue weighted by Gasteiger charge is 2.16. The van der Waals surface area contributed by atoms with Crippen molar-refractivity contribution in [2.45, 2.75) is 32.9 Å². The summed E-state index contributed by atoms with van der Waals surface area (Å²) >= 11 is 0. The number of rotatable bonds is 10. The number of nitrogens with two attached hydrogens (primary N) is 1. The van der Waals surface area contributed by atoms with E-state index >= 15 is 0 Å². The highest BCUT2D eigenvalue weighted by Crippen LogP contribution is 2.20. The van der Waals surface area contributed by atoms with Crippen molar-refractivity contribution < 1.29 is 14.3 Å². The van der Waals surface area contributed by atoms with E-state index in [1.807, 2.05) is 35.2 Å². The number of hydrogen-bond acceptors (Lipinski definition) is 6. The molecule has 0 radical (unpaired) electrons. The Hall–Kier alpha value is -4.14. The lowest BCUT2D eigenvalue weighted by molar-refractivity contribution is -0.141. The summed E-state index contributed by atoms with van der Waals surface area (Å²) in [4.78, 5) is 30.7. The van der Waals surface area contributed by atoms with Crippen LogP contribution in [0, 0.1) is 5.41 Å². The van der Waals surface area contributed by atoms with Gasteiger partial charge in [0.15, 0.2) is 0 Å². The number of nitrogens with one attached hydrogen (secondary N) is 2. The zero-order chi connectivity index (χ0) is 24.7. The van der Waals surface area contributed by atoms with Crippen LogP contribution >= 0.6 is 0 Å². The van der Waals surface area contributed by atoms with Gasteiger partial charge in [0.2, 0.25) is 5.91 Å². The summed E-state index contributed by atoms with van der Waals surface area (Å²) in [6, 6.07) is 14.9. The Morgan fingerprint density at radius 1 is 1.21 bits per heavy atom. The number of ether oxygens (including phenoxy) is 1. The molecule has 9 nitrogen and oxygen atoms in total. The summed E-state index contributed by atoms with van der Waals surface area (Å²) in [5.74, 6) is -0.219. The van der Waals surface area contributed by atoms with Gasteiger partial charge >= 0.3 is 5.97 Å². The van der Waals surface area contributed by atoms with Crippen molar-refractivity contribution >= 4 is 29.1 Å². The molecule has 0 atom stereocenters. The molecule has 0 fully saturated rings. The molecule has 34 heavy (non-hydrogen) atoms. The van der Waals surface area contributed by atoms with Crippen LogP contribution in [0.5, 0.6) is 0 Å². The van der Waals surface area contributed by atoms with E-state index in [4.69, 9.17) is 15.9 Å². The van der Waals surface area contributed by atoms with Gasteiger partial charge < -0.3 is 25.3 Å². The quantitative estimate of drug-likeness (QED) is 0.241. The van der Waals surface area contributed by atoms with Crippen LogP contribution in [0.4, 0.5) is 11.4 Å². The minimum absolute atomic E-state index is 0.0518. The molecule has 3 aromatic rings. The Balaban J connectivity index is 1.78. The molecule has 2 aromatic carbocycles. The van der Waals surface area contributed by atoms with Gasteiger partial charge in [0.25, 0.3) is 0 Å². The molecule has 9 heteroatoms. The van der Waals surface area contributed by atoms with E-state index < -0.39 is 0 Å². The second kappa shape index (κ2) is 11.1. The number of amidine groups is 1. The van der Waals surface area contributed by atoms with Gasteiger partial charge in [-0.2, -0.15) is 0 Å². The molecule has 0 unspecified atom stereocenters. The van der Waals surface area contributed by atoms with Gasteiger partial charge in [0.05, 0.1) is 32.2 Å². The average molecular weight is 463 g/mol. The molecule has 0 aliphatic rings. The SMILES string of the molecule is COC(=O)Cn1cnc(CN(CC(=O)Nc2ccc(C(C)C)cc2)c2cccc(C(=N)N)c2)c1. The Bertz CT molecular complexity index is 1150. The predicted molar refractivity (Wildman–Crippen MR) is 132 cm³/mol. The molecule has 0 spiro atoms. The number of benzene rings is 2. The minimum atomic E-state index is -0.377. The highest BCUT2D eigenvalue weighted by atomic mass is 16.5. The second-order valence-corrected chi connectivity index (χ2v) is 8.26. The number of amides is 1. The highest BCUT2D eigenvalue weighted by molar-refractivity contribution is 5.97. The maximum Gasteiger partial charge on any atom is 0.325 e. The Morgan fingerprint density at radius 3 is 2.59 bits per heavy atom. The summed E-state index contributed by atoms with van der Waals surface area (Å²) in [5.41, 5.74) is 9.53. The minimum Gasteiger partial charge on any atom is -0.468 e.